The van der Waals surface area contributed by atoms with Crippen LogP contribution in [0.15, 0.2) is 29.3 Å². The summed E-state index contributed by atoms with van der Waals surface area (Å²) in [6.45, 7) is 6.66. The minimum atomic E-state index is 0.0686. The Hall–Kier alpha value is -1.75. The van der Waals surface area contributed by atoms with Gasteiger partial charge in [0.15, 0.2) is 5.96 Å². The molecule has 1 aromatic carbocycles. The third-order valence-electron chi connectivity index (χ3n) is 4.40. The van der Waals surface area contributed by atoms with Crippen LogP contribution < -0.4 is 15.4 Å². The second-order valence-electron chi connectivity index (χ2n) is 6.35. The number of nitrogens with zero attached hydrogens (tertiary/aromatic N) is 1. The van der Waals surface area contributed by atoms with E-state index in [0.717, 1.165) is 44.3 Å². The summed E-state index contributed by atoms with van der Waals surface area (Å²) in [5.41, 5.74) is 1.40. The molecule has 0 aromatic heterocycles. The number of rotatable bonds is 5. The van der Waals surface area contributed by atoms with Gasteiger partial charge in [0.25, 0.3) is 0 Å². The van der Waals surface area contributed by atoms with E-state index in [4.69, 9.17) is 9.47 Å². The predicted octanol–water partition coefficient (Wildman–Crippen LogP) is 2.32. The van der Waals surface area contributed by atoms with Crippen LogP contribution in [0.25, 0.3) is 0 Å². The van der Waals surface area contributed by atoms with Crippen molar-refractivity contribution in [3.05, 3.63) is 29.8 Å². The van der Waals surface area contributed by atoms with Gasteiger partial charge in [0.1, 0.15) is 5.75 Å². The highest BCUT2D eigenvalue weighted by atomic mass is 16.5. The van der Waals surface area contributed by atoms with Gasteiger partial charge in [-0.1, -0.05) is 12.1 Å². The van der Waals surface area contributed by atoms with Gasteiger partial charge in [-0.15, -0.1) is 0 Å². The summed E-state index contributed by atoms with van der Waals surface area (Å²) in [4.78, 5) is 4.31. The second-order valence-corrected chi connectivity index (χ2v) is 6.35. The molecule has 0 atom stereocenters. The van der Waals surface area contributed by atoms with Gasteiger partial charge in [-0.3, -0.25) is 4.99 Å². The zero-order chi connectivity index (χ0) is 16.7. The maximum atomic E-state index is 5.59. The molecule has 1 aliphatic heterocycles. The number of guanidine groups is 1. The van der Waals surface area contributed by atoms with E-state index in [1.165, 1.54) is 5.56 Å². The molecule has 1 aromatic rings. The molecular weight excluding hydrogens is 290 g/mol. The fourth-order valence-electron chi connectivity index (χ4n) is 3.00. The SMILES string of the molecule is CN=C(NCC1(c2ccc(OC)cc2)CCOCC1)NC(C)C. The van der Waals surface area contributed by atoms with Crippen molar-refractivity contribution < 1.29 is 9.47 Å². The molecule has 0 amide bonds. The van der Waals surface area contributed by atoms with Crippen molar-refractivity contribution in [2.75, 3.05) is 33.9 Å². The van der Waals surface area contributed by atoms with Crippen LogP contribution in [0.3, 0.4) is 0 Å². The number of aliphatic imine (C=N–C) groups is 1. The van der Waals surface area contributed by atoms with Crippen LogP contribution in [0.5, 0.6) is 5.75 Å². The van der Waals surface area contributed by atoms with E-state index < -0.39 is 0 Å². The number of benzene rings is 1. The molecule has 2 rings (SSSR count). The molecule has 1 fully saturated rings. The van der Waals surface area contributed by atoms with Crippen LogP contribution in [-0.2, 0) is 10.2 Å². The fraction of sp³-hybridized carbons (Fsp3) is 0.611. The zero-order valence-electron chi connectivity index (χ0n) is 14.7. The van der Waals surface area contributed by atoms with Gasteiger partial charge in [-0.05, 0) is 44.4 Å². The highest BCUT2D eigenvalue weighted by molar-refractivity contribution is 5.80. The number of hydrogen-bond donors (Lipinski definition) is 2. The molecule has 128 valence electrons. The minimum Gasteiger partial charge on any atom is -0.497 e. The molecule has 0 unspecified atom stereocenters. The van der Waals surface area contributed by atoms with Gasteiger partial charge in [0.05, 0.1) is 7.11 Å². The van der Waals surface area contributed by atoms with Crippen LogP contribution in [0.4, 0.5) is 0 Å². The Bertz CT molecular complexity index is 506. The second kappa shape index (κ2) is 8.20. The molecule has 0 saturated carbocycles. The van der Waals surface area contributed by atoms with Crippen LogP contribution in [0, 0.1) is 0 Å². The average Bonchev–Trinajstić information content (AvgIpc) is 2.59. The van der Waals surface area contributed by atoms with Gasteiger partial charge in [0, 0.05) is 38.3 Å². The van der Waals surface area contributed by atoms with E-state index >= 15 is 0 Å². The molecule has 0 bridgehead atoms. The summed E-state index contributed by atoms with van der Waals surface area (Å²) >= 11 is 0. The summed E-state index contributed by atoms with van der Waals surface area (Å²) in [6.07, 6.45) is 2.01. The van der Waals surface area contributed by atoms with E-state index in [0.29, 0.717) is 6.04 Å². The lowest BCUT2D eigenvalue weighted by Gasteiger charge is -2.38. The average molecular weight is 319 g/mol. The molecule has 5 heteroatoms. The Balaban J connectivity index is 2.14. The van der Waals surface area contributed by atoms with Crippen LogP contribution in [0.2, 0.25) is 0 Å². The fourth-order valence-corrected chi connectivity index (χ4v) is 3.00. The first-order chi connectivity index (χ1) is 11.1. The van der Waals surface area contributed by atoms with Crippen molar-refractivity contribution in [2.45, 2.75) is 38.1 Å². The predicted molar refractivity (Wildman–Crippen MR) is 94.4 cm³/mol. The summed E-state index contributed by atoms with van der Waals surface area (Å²) < 4.78 is 10.9. The molecule has 2 N–H and O–H groups in total. The van der Waals surface area contributed by atoms with Crippen molar-refractivity contribution in [3.8, 4) is 5.75 Å². The zero-order valence-corrected chi connectivity index (χ0v) is 14.7. The van der Waals surface area contributed by atoms with Gasteiger partial charge in [-0.2, -0.15) is 0 Å². The summed E-state index contributed by atoms with van der Waals surface area (Å²) in [5, 5.41) is 6.83. The summed E-state index contributed by atoms with van der Waals surface area (Å²) in [6, 6.07) is 8.77. The molecule has 23 heavy (non-hydrogen) atoms. The van der Waals surface area contributed by atoms with Crippen LogP contribution >= 0.6 is 0 Å². The molecule has 0 spiro atoms. The van der Waals surface area contributed by atoms with Crippen molar-refractivity contribution >= 4 is 5.96 Å². The minimum absolute atomic E-state index is 0.0686. The van der Waals surface area contributed by atoms with Crippen molar-refractivity contribution in [3.63, 3.8) is 0 Å². The monoisotopic (exact) mass is 319 g/mol. The standard InChI is InChI=1S/C18H29N3O2/c1-14(2)21-17(19-3)20-13-18(9-11-23-12-10-18)15-5-7-16(22-4)8-6-15/h5-8,14H,9-13H2,1-4H3,(H2,19,20,21). The van der Waals surface area contributed by atoms with E-state index in [-0.39, 0.29) is 5.41 Å². The molecule has 0 aliphatic carbocycles. The highest BCUT2D eigenvalue weighted by Gasteiger charge is 2.34. The number of hydrogen-bond acceptors (Lipinski definition) is 3. The Morgan fingerprint density at radius 3 is 2.43 bits per heavy atom. The first-order valence-electron chi connectivity index (χ1n) is 8.29. The topological polar surface area (TPSA) is 54.9 Å². The van der Waals surface area contributed by atoms with Crippen molar-refractivity contribution in [1.29, 1.82) is 0 Å². The lowest BCUT2D eigenvalue weighted by Crippen LogP contribution is -2.49. The van der Waals surface area contributed by atoms with Crippen molar-refractivity contribution in [2.24, 2.45) is 4.99 Å². The summed E-state index contributed by atoms with van der Waals surface area (Å²) in [7, 11) is 3.50. The molecule has 1 heterocycles. The lowest BCUT2D eigenvalue weighted by atomic mass is 9.74. The summed E-state index contributed by atoms with van der Waals surface area (Å²) in [5.74, 6) is 1.74. The van der Waals surface area contributed by atoms with E-state index in [2.05, 4.69) is 41.6 Å². The highest BCUT2D eigenvalue weighted by Crippen LogP contribution is 2.35. The third-order valence-corrected chi connectivity index (χ3v) is 4.40. The maximum Gasteiger partial charge on any atom is 0.191 e. The molecular formula is C18H29N3O2. The van der Waals surface area contributed by atoms with Gasteiger partial charge >= 0.3 is 0 Å². The number of methoxy groups -OCH3 is 1. The van der Waals surface area contributed by atoms with Crippen LogP contribution in [0.1, 0.15) is 32.3 Å². The lowest BCUT2D eigenvalue weighted by molar-refractivity contribution is 0.0513. The van der Waals surface area contributed by atoms with Gasteiger partial charge in [-0.25, -0.2) is 0 Å². The largest absolute Gasteiger partial charge is 0.497 e. The molecule has 5 nitrogen and oxygen atoms in total. The number of ether oxygens (including phenoxy) is 2. The van der Waals surface area contributed by atoms with Gasteiger partial charge < -0.3 is 20.1 Å². The van der Waals surface area contributed by atoms with Crippen LogP contribution in [-0.4, -0.2) is 45.9 Å². The smallest absolute Gasteiger partial charge is 0.191 e. The maximum absolute atomic E-state index is 5.59. The normalized spacial score (nSPS) is 17.9. The first kappa shape index (κ1) is 17.6. The van der Waals surface area contributed by atoms with Gasteiger partial charge in [0.2, 0.25) is 0 Å². The molecule has 1 saturated heterocycles. The Kier molecular flexibility index (Phi) is 6.28. The first-order valence-corrected chi connectivity index (χ1v) is 8.29. The van der Waals surface area contributed by atoms with E-state index in [1.54, 1.807) is 7.11 Å². The molecule has 0 radical (unpaired) electrons. The Morgan fingerprint density at radius 1 is 1.26 bits per heavy atom. The Morgan fingerprint density at radius 2 is 1.91 bits per heavy atom. The Labute approximate surface area is 139 Å². The molecule has 1 aliphatic rings. The number of nitrogens with one attached hydrogen (secondary N) is 2. The quantitative estimate of drug-likeness (QED) is 0.646. The third kappa shape index (κ3) is 4.61. The van der Waals surface area contributed by atoms with E-state index in [1.807, 2.05) is 19.2 Å². The van der Waals surface area contributed by atoms with E-state index in [9.17, 15) is 0 Å². The van der Waals surface area contributed by atoms with Crippen molar-refractivity contribution in [1.82, 2.24) is 10.6 Å².